The summed E-state index contributed by atoms with van der Waals surface area (Å²) in [5.74, 6) is 0. The zero-order valence-corrected chi connectivity index (χ0v) is 9.52. The van der Waals surface area contributed by atoms with Gasteiger partial charge < -0.3 is 0 Å². The molecule has 1 heterocycles. The maximum atomic E-state index is 4.16. The topological polar surface area (TPSA) is 16.1 Å². The van der Waals surface area contributed by atoms with Crippen LogP contribution in [0.3, 0.4) is 0 Å². The van der Waals surface area contributed by atoms with Gasteiger partial charge in [-0.25, -0.2) is 0 Å². The van der Waals surface area contributed by atoms with Crippen LogP contribution in [0.25, 0.3) is 0 Å². The summed E-state index contributed by atoms with van der Waals surface area (Å²) in [5.41, 5.74) is 1.32. The molecule has 0 aliphatic heterocycles. The molecule has 0 aromatic carbocycles. The number of hydrogen-bond donors (Lipinski definition) is 0. The van der Waals surface area contributed by atoms with Crippen molar-refractivity contribution in [2.75, 3.05) is 7.05 Å². The largest absolute Gasteiger partial charge is 0.299 e. The lowest BCUT2D eigenvalue weighted by Gasteiger charge is -2.31. The summed E-state index contributed by atoms with van der Waals surface area (Å²) < 4.78 is 0. The van der Waals surface area contributed by atoms with Crippen LogP contribution in [0.4, 0.5) is 0 Å². The minimum Gasteiger partial charge on any atom is -0.299 e. The van der Waals surface area contributed by atoms with Crippen molar-refractivity contribution in [1.29, 1.82) is 0 Å². The van der Waals surface area contributed by atoms with E-state index in [1.54, 1.807) is 0 Å². The number of pyridine rings is 1. The van der Waals surface area contributed by atoms with Crippen LogP contribution in [0, 0.1) is 0 Å². The molecule has 1 aliphatic carbocycles. The molecule has 0 bridgehead atoms. The van der Waals surface area contributed by atoms with E-state index in [-0.39, 0.29) is 0 Å². The predicted molar refractivity (Wildman–Crippen MR) is 62.6 cm³/mol. The second kappa shape index (κ2) is 5.26. The van der Waals surface area contributed by atoms with Gasteiger partial charge in [-0.2, -0.15) is 0 Å². The van der Waals surface area contributed by atoms with Crippen molar-refractivity contribution in [3.8, 4) is 0 Å². The van der Waals surface area contributed by atoms with E-state index in [4.69, 9.17) is 0 Å². The van der Waals surface area contributed by atoms with Crippen LogP contribution in [0.1, 0.15) is 37.7 Å². The highest BCUT2D eigenvalue weighted by Crippen LogP contribution is 2.22. The lowest BCUT2D eigenvalue weighted by atomic mass is 9.94. The summed E-state index contributed by atoms with van der Waals surface area (Å²) in [7, 11) is 2.24. The number of aromatic nitrogens is 1. The van der Waals surface area contributed by atoms with E-state index in [1.807, 2.05) is 18.5 Å². The maximum absolute atomic E-state index is 4.16. The molecule has 0 spiro atoms. The summed E-state index contributed by atoms with van der Waals surface area (Å²) in [6.07, 6.45) is 10.8. The Balaban J connectivity index is 1.88. The first-order chi connectivity index (χ1) is 7.36. The lowest BCUT2D eigenvalue weighted by molar-refractivity contribution is 0.184. The first-order valence-corrected chi connectivity index (χ1v) is 5.95. The monoisotopic (exact) mass is 204 g/mol. The zero-order chi connectivity index (χ0) is 10.5. The van der Waals surface area contributed by atoms with Crippen molar-refractivity contribution in [2.24, 2.45) is 0 Å². The average molecular weight is 204 g/mol. The predicted octanol–water partition coefficient (Wildman–Crippen LogP) is 2.85. The third-order valence-corrected chi connectivity index (χ3v) is 3.35. The normalized spacial score (nSPS) is 18.3. The van der Waals surface area contributed by atoms with Gasteiger partial charge in [-0.3, -0.25) is 9.88 Å². The molecular formula is C13H20N2. The van der Waals surface area contributed by atoms with Gasteiger partial charge >= 0.3 is 0 Å². The molecule has 15 heavy (non-hydrogen) atoms. The van der Waals surface area contributed by atoms with E-state index in [9.17, 15) is 0 Å². The molecule has 2 rings (SSSR count). The molecule has 1 aliphatic rings. The first-order valence-electron chi connectivity index (χ1n) is 5.95. The highest BCUT2D eigenvalue weighted by Gasteiger charge is 2.17. The Hall–Kier alpha value is -0.890. The Labute approximate surface area is 92.3 Å². The van der Waals surface area contributed by atoms with Crippen LogP contribution >= 0.6 is 0 Å². The van der Waals surface area contributed by atoms with Crippen molar-refractivity contribution in [2.45, 2.75) is 44.7 Å². The van der Waals surface area contributed by atoms with Crippen molar-refractivity contribution in [1.82, 2.24) is 9.88 Å². The molecule has 0 saturated heterocycles. The minimum atomic E-state index is 0.791. The summed E-state index contributed by atoms with van der Waals surface area (Å²) in [4.78, 5) is 6.64. The van der Waals surface area contributed by atoms with Gasteiger partial charge in [-0.15, -0.1) is 0 Å². The van der Waals surface area contributed by atoms with Gasteiger partial charge in [-0.05, 0) is 31.5 Å². The molecule has 0 atom stereocenters. The van der Waals surface area contributed by atoms with Gasteiger partial charge in [0, 0.05) is 25.0 Å². The Bertz CT molecular complexity index is 278. The molecule has 1 aromatic rings. The van der Waals surface area contributed by atoms with Crippen molar-refractivity contribution < 1.29 is 0 Å². The number of nitrogens with zero attached hydrogens (tertiary/aromatic N) is 2. The van der Waals surface area contributed by atoms with E-state index in [2.05, 4.69) is 23.0 Å². The zero-order valence-electron chi connectivity index (χ0n) is 9.52. The fraction of sp³-hybridized carbons (Fsp3) is 0.615. The summed E-state index contributed by atoms with van der Waals surface area (Å²) in [6, 6.07) is 4.97. The molecule has 2 nitrogen and oxygen atoms in total. The Morgan fingerprint density at radius 2 is 2.13 bits per heavy atom. The SMILES string of the molecule is CN(Cc1cccnc1)C1CCCCC1. The molecule has 0 unspecified atom stereocenters. The molecule has 82 valence electrons. The van der Waals surface area contributed by atoms with Crippen LogP contribution in [0.15, 0.2) is 24.5 Å². The van der Waals surface area contributed by atoms with Gasteiger partial charge in [0.05, 0.1) is 0 Å². The average Bonchev–Trinajstić information content (AvgIpc) is 2.31. The fourth-order valence-corrected chi connectivity index (χ4v) is 2.43. The molecule has 2 heteroatoms. The Morgan fingerprint density at radius 1 is 1.33 bits per heavy atom. The molecule has 1 fully saturated rings. The maximum Gasteiger partial charge on any atom is 0.0312 e. The van der Waals surface area contributed by atoms with E-state index in [0.29, 0.717) is 0 Å². The van der Waals surface area contributed by atoms with Gasteiger partial charge in [0.2, 0.25) is 0 Å². The van der Waals surface area contributed by atoms with Gasteiger partial charge in [0.15, 0.2) is 0 Å². The number of hydrogen-bond acceptors (Lipinski definition) is 2. The van der Waals surface area contributed by atoms with Gasteiger partial charge in [0.25, 0.3) is 0 Å². The van der Waals surface area contributed by atoms with Crippen molar-refractivity contribution >= 4 is 0 Å². The summed E-state index contributed by atoms with van der Waals surface area (Å²) in [5, 5.41) is 0. The highest BCUT2D eigenvalue weighted by atomic mass is 15.1. The summed E-state index contributed by atoms with van der Waals surface area (Å²) in [6.45, 7) is 1.04. The first kappa shape index (κ1) is 10.6. The second-order valence-corrected chi connectivity index (χ2v) is 4.57. The van der Waals surface area contributed by atoms with E-state index >= 15 is 0 Å². The van der Waals surface area contributed by atoms with E-state index in [0.717, 1.165) is 12.6 Å². The van der Waals surface area contributed by atoms with Crippen LogP contribution < -0.4 is 0 Å². The second-order valence-electron chi connectivity index (χ2n) is 4.57. The van der Waals surface area contributed by atoms with Crippen molar-refractivity contribution in [3.05, 3.63) is 30.1 Å². The van der Waals surface area contributed by atoms with Crippen molar-refractivity contribution in [3.63, 3.8) is 0 Å². The molecule has 0 amide bonds. The quantitative estimate of drug-likeness (QED) is 0.752. The number of rotatable bonds is 3. The van der Waals surface area contributed by atoms with Crippen LogP contribution in [0.5, 0.6) is 0 Å². The summed E-state index contributed by atoms with van der Waals surface area (Å²) >= 11 is 0. The lowest BCUT2D eigenvalue weighted by Crippen LogP contribution is -2.32. The smallest absolute Gasteiger partial charge is 0.0312 e. The fourth-order valence-electron chi connectivity index (χ4n) is 2.43. The highest BCUT2D eigenvalue weighted by molar-refractivity contribution is 5.08. The van der Waals surface area contributed by atoms with Gasteiger partial charge in [0.1, 0.15) is 0 Å². The van der Waals surface area contributed by atoms with E-state index < -0.39 is 0 Å². The molecular weight excluding hydrogens is 184 g/mol. The third-order valence-electron chi connectivity index (χ3n) is 3.35. The third kappa shape index (κ3) is 3.03. The van der Waals surface area contributed by atoms with E-state index in [1.165, 1.54) is 37.7 Å². The van der Waals surface area contributed by atoms with Crippen LogP contribution in [0.2, 0.25) is 0 Å². The molecule has 0 radical (unpaired) electrons. The molecule has 1 aromatic heterocycles. The molecule has 0 N–H and O–H groups in total. The van der Waals surface area contributed by atoms with Crippen LogP contribution in [-0.2, 0) is 6.54 Å². The van der Waals surface area contributed by atoms with Crippen LogP contribution in [-0.4, -0.2) is 23.0 Å². The Kier molecular flexibility index (Phi) is 3.73. The Morgan fingerprint density at radius 3 is 2.80 bits per heavy atom. The minimum absolute atomic E-state index is 0.791. The standard InChI is InChI=1S/C13H20N2/c1-15(13-7-3-2-4-8-13)11-12-6-5-9-14-10-12/h5-6,9-10,13H,2-4,7-8,11H2,1H3. The van der Waals surface area contributed by atoms with Gasteiger partial charge in [-0.1, -0.05) is 25.3 Å². The molecule has 1 saturated carbocycles.